The topological polar surface area (TPSA) is 254 Å². The van der Waals surface area contributed by atoms with Gasteiger partial charge in [0.15, 0.2) is 34.7 Å². The van der Waals surface area contributed by atoms with Crippen LogP contribution in [0.4, 0.5) is 68.3 Å². The van der Waals surface area contributed by atoms with Crippen molar-refractivity contribution in [1.29, 1.82) is 0 Å². The minimum atomic E-state index is -0.797. The fraction of sp³-hybridized carbons (Fsp3) is 0.214. The number of aromatic nitrogens is 3. The van der Waals surface area contributed by atoms with Gasteiger partial charge in [0.25, 0.3) is 0 Å². The van der Waals surface area contributed by atoms with Crippen molar-refractivity contribution in [3.8, 4) is 65.8 Å². The summed E-state index contributed by atoms with van der Waals surface area (Å²) in [6.07, 6.45) is 10.9. The summed E-state index contributed by atoms with van der Waals surface area (Å²) >= 11 is 9.86. The van der Waals surface area contributed by atoms with E-state index in [4.69, 9.17) is 45.8 Å². The molecule has 9 aromatic carbocycles. The summed E-state index contributed by atoms with van der Waals surface area (Å²) in [5.41, 5.74) is 17.7. The lowest BCUT2D eigenvalue weighted by Crippen LogP contribution is -2.37. The second kappa shape index (κ2) is 45.8. The van der Waals surface area contributed by atoms with Crippen molar-refractivity contribution in [2.75, 3.05) is 107 Å². The Morgan fingerprint density at radius 3 is 1.04 bits per heavy atom. The first kappa shape index (κ1) is 96.6. The summed E-state index contributed by atoms with van der Waals surface area (Å²) in [6, 6.07) is 64.7. The van der Waals surface area contributed by atoms with Crippen molar-refractivity contribution in [3.63, 3.8) is 0 Å². The van der Waals surface area contributed by atoms with E-state index in [9.17, 15) is 46.3 Å². The molecular formula is C103H92ClF6N11O12S3. The maximum atomic E-state index is 15.2. The Labute approximate surface area is 796 Å². The fourth-order valence-electron chi connectivity index (χ4n) is 15.2. The van der Waals surface area contributed by atoms with Crippen molar-refractivity contribution >= 4 is 134 Å². The van der Waals surface area contributed by atoms with Crippen LogP contribution in [-0.2, 0) is 56.0 Å². The number of nitrogens with two attached hydrogens (primary N) is 1. The number of hydrogen-bond donors (Lipinski definition) is 2. The number of imide groups is 3. The number of anilines is 4. The van der Waals surface area contributed by atoms with Gasteiger partial charge in [0.1, 0.15) is 34.7 Å². The highest BCUT2D eigenvalue weighted by molar-refractivity contribution is 7.23. The Morgan fingerprint density at radius 1 is 0.375 bits per heavy atom. The minimum Gasteiger partial charge on any atom is -0.453 e. The first-order valence-electron chi connectivity index (χ1n) is 43.6. The standard InChI is InChI=1S/C35H31F2N3O4S.C34H30F2N4O4S.C24H23FN2O2S.C10H8ClFN2O2/c1-43-19-3-2-4-23-5-8-25(9-6-23)32-22-29-34(45-32)31(15-16-38-29)44-30-14-7-24(20-28(30)37)21-33(41)40-18-17-39(35(40)42)27-12-10-26(36)11-13-27;1-43-17-14-37-21-22-2-5-24(6-3-22)31-20-28-33(45-31)30(12-13-38-28)44-29-11-4-23(18-27(29)36)19-32(41)40-16-15-39(34(40)42)26-9-7-25(35)8-10-26;1-28-13-3-2-4-16-5-7-17(8-6-16)23-15-20-24(30-23)22(11-12-27-20)29-21-10-9-18(26)14-19(21)25;11-9(15)14-6-5-13(10(14)16)8-3-1-7(12)2-4-8/h5-16,20,22H,2-4,17-19,21H2,1H3;2-13,18,20,37H,14-17,19,21H2,1H3;5-12,14-15H,2-4,13,26H2,1H3;1-4H,5-6H2. The summed E-state index contributed by atoms with van der Waals surface area (Å²) in [4.78, 5) is 98.1. The van der Waals surface area contributed by atoms with Gasteiger partial charge in [-0.15, -0.1) is 34.0 Å². The molecule has 0 radical (unpaired) electrons. The molecule has 33 heteroatoms. The van der Waals surface area contributed by atoms with E-state index in [-0.39, 0.29) is 55.5 Å². The van der Waals surface area contributed by atoms with E-state index in [0.717, 1.165) is 147 Å². The number of carbonyl (C=O) groups is 6. The Hall–Kier alpha value is -14.0. The predicted octanol–water partition coefficient (Wildman–Crippen LogP) is 23.7. The summed E-state index contributed by atoms with van der Waals surface area (Å²) in [7, 11) is 5.13. The molecule has 9 amide bonds. The van der Waals surface area contributed by atoms with Crippen LogP contribution in [0.3, 0.4) is 0 Å². The average Bonchev–Trinajstić information content (AvgIpc) is 1.66. The third kappa shape index (κ3) is 24.4. The second-order valence-electron chi connectivity index (χ2n) is 31.7. The lowest BCUT2D eigenvalue weighted by Gasteiger charge is -2.17. The number of hydrogen-bond acceptors (Lipinski definition) is 20. The zero-order valence-corrected chi connectivity index (χ0v) is 77.3. The summed E-state index contributed by atoms with van der Waals surface area (Å²) in [5.74, 6) is -2.12. The molecule has 6 aromatic heterocycles. The zero-order chi connectivity index (χ0) is 95.3. The van der Waals surface area contributed by atoms with Gasteiger partial charge in [-0.1, -0.05) is 84.9 Å². The number of amides is 9. The molecule has 18 rings (SSSR count). The van der Waals surface area contributed by atoms with E-state index in [1.807, 2.05) is 18.2 Å². The molecule has 0 atom stereocenters. The number of carbonyl (C=O) groups excluding carboxylic acids is 6. The van der Waals surface area contributed by atoms with Gasteiger partial charge in [-0.25, -0.2) is 45.6 Å². The van der Waals surface area contributed by atoms with E-state index in [1.54, 1.807) is 87.7 Å². The molecule has 23 nitrogen and oxygen atoms in total. The van der Waals surface area contributed by atoms with Crippen molar-refractivity contribution < 1.29 is 83.5 Å². The fourth-order valence-corrected chi connectivity index (χ4v) is 18.6. The van der Waals surface area contributed by atoms with Crippen LogP contribution in [0.5, 0.6) is 34.5 Å². The van der Waals surface area contributed by atoms with Crippen LogP contribution in [0.25, 0.3) is 62.0 Å². The van der Waals surface area contributed by atoms with E-state index in [1.165, 1.54) is 158 Å². The van der Waals surface area contributed by atoms with Crippen LogP contribution in [0.1, 0.15) is 53.5 Å². The molecule has 3 aliphatic heterocycles. The molecular weight excluding hydrogens is 1830 g/mol. The monoisotopic (exact) mass is 1920 g/mol. The number of nitrogens with zero attached hydrogens (tertiary/aromatic N) is 9. The number of halogens is 7. The molecule has 15 aromatic rings. The van der Waals surface area contributed by atoms with Gasteiger partial charge in [0.05, 0.1) is 50.1 Å². The second-order valence-corrected chi connectivity index (χ2v) is 35.1. The lowest BCUT2D eigenvalue weighted by atomic mass is 10.1. The van der Waals surface area contributed by atoms with Gasteiger partial charge in [0, 0.05) is 167 Å². The van der Waals surface area contributed by atoms with Crippen LogP contribution < -0.4 is 40.0 Å². The summed E-state index contributed by atoms with van der Waals surface area (Å²) in [6.45, 7) is 5.35. The third-order valence-electron chi connectivity index (χ3n) is 22.4. The number of benzene rings is 9. The number of nitrogens with one attached hydrogen (secondary N) is 1. The number of aryl methyl sites for hydroxylation is 2. The molecule has 3 saturated heterocycles. The van der Waals surface area contributed by atoms with E-state index in [0.29, 0.717) is 77.4 Å². The maximum Gasteiger partial charge on any atom is 0.332 e. The highest BCUT2D eigenvalue weighted by atomic mass is 35.5. The Balaban J connectivity index is 0.000000145. The summed E-state index contributed by atoms with van der Waals surface area (Å²) < 4.78 is 119. The molecule has 0 bridgehead atoms. The quantitative estimate of drug-likeness (QED) is 0.0135. The molecule has 3 aliphatic rings. The smallest absolute Gasteiger partial charge is 0.332 e. The van der Waals surface area contributed by atoms with Crippen LogP contribution in [0, 0.1) is 34.9 Å². The average molecular weight is 1920 g/mol. The number of methoxy groups -OCH3 is 3. The van der Waals surface area contributed by atoms with Gasteiger partial charge < -0.3 is 39.5 Å². The highest BCUT2D eigenvalue weighted by Crippen LogP contribution is 2.44. The Morgan fingerprint density at radius 2 is 0.706 bits per heavy atom. The van der Waals surface area contributed by atoms with E-state index in [2.05, 4.69) is 93.1 Å². The van der Waals surface area contributed by atoms with Gasteiger partial charge in [-0.3, -0.25) is 53.8 Å². The van der Waals surface area contributed by atoms with Crippen molar-refractivity contribution in [2.45, 2.75) is 57.9 Å². The number of rotatable bonds is 31. The van der Waals surface area contributed by atoms with Crippen LogP contribution >= 0.6 is 45.6 Å². The largest absolute Gasteiger partial charge is 0.453 e. The number of nitrogen functional groups attached to an aromatic ring is 1. The minimum absolute atomic E-state index is 0.0127. The molecule has 136 heavy (non-hydrogen) atoms. The number of ether oxygens (including phenoxy) is 6. The lowest BCUT2D eigenvalue weighted by molar-refractivity contribution is -0.127. The first-order chi connectivity index (χ1) is 66.0. The van der Waals surface area contributed by atoms with Gasteiger partial charge in [0.2, 0.25) is 11.8 Å². The molecule has 3 fully saturated rings. The summed E-state index contributed by atoms with van der Waals surface area (Å²) in [5, 5.41) is 2.53. The number of unbranched alkanes of at least 4 members (excludes halogenated alkanes) is 2. The number of thiophene rings is 3. The Kier molecular flexibility index (Phi) is 32.6. The normalized spacial score (nSPS) is 13.0. The third-order valence-corrected chi connectivity index (χ3v) is 26.1. The molecule has 9 heterocycles. The van der Waals surface area contributed by atoms with Crippen LogP contribution in [0.15, 0.2) is 255 Å². The van der Waals surface area contributed by atoms with Gasteiger partial charge >= 0.3 is 23.5 Å². The zero-order valence-electron chi connectivity index (χ0n) is 74.1. The van der Waals surface area contributed by atoms with Crippen LogP contribution in [-0.4, -0.2) is 152 Å². The molecule has 0 aliphatic carbocycles. The first-order valence-corrected chi connectivity index (χ1v) is 46.4. The number of fused-ring (bicyclic) bond motifs is 3. The SMILES string of the molecule is COCCCCc1ccc(-c2cc3nccc(Oc4ccc(CC(=O)N5CCN(c6ccc(F)cc6)C5=O)cc4F)c3s2)cc1.COCCCCc1ccc(-c2cc3nccc(Oc4ccc(N)cc4F)c3s2)cc1.COCCNCc1ccc(-c2cc3nccc(Oc4ccc(CC(=O)N5CCN(c6ccc(F)cc6)C5=O)cc4F)c3s2)cc1.O=C(Cl)N1CCN(c2ccc(F)cc2)C1=O. The van der Waals surface area contributed by atoms with Crippen LogP contribution in [0.2, 0.25) is 0 Å². The van der Waals surface area contributed by atoms with Gasteiger partial charge in [-0.05, 0) is 222 Å². The molecule has 0 saturated carbocycles. The maximum absolute atomic E-state index is 15.2. The van der Waals surface area contributed by atoms with Crippen molar-refractivity contribution in [1.82, 2.24) is 35.0 Å². The molecule has 3 N–H and O–H groups in total. The predicted molar refractivity (Wildman–Crippen MR) is 518 cm³/mol. The highest BCUT2D eigenvalue weighted by Gasteiger charge is 2.37. The van der Waals surface area contributed by atoms with Crippen molar-refractivity contribution in [3.05, 3.63) is 318 Å². The van der Waals surface area contributed by atoms with E-state index >= 15 is 8.78 Å². The molecule has 0 unspecified atom stereocenters. The van der Waals surface area contributed by atoms with E-state index < -0.39 is 64.4 Å². The Bertz CT molecular complexity index is 6480. The van der Waals surface area contributed by atoms with Crippen molar-refractivity contribution in [2.24, 2.45) is 0 Å². The molecule has 0 spiro atoms. The van der Waals surface area contributed by atoms with Gasteiger partial charge in [-0.2, -0.15) is 0 Å². The molecule has 698 valence electrons. The number of pyridine rings is 3. The number of urea groups is 3.